The highest BCUT2D eigenvalue weighted by molar-refractivity contribution is 5.94. The van der Waals surface area contributed by atoms with E-state index >= 15 is 0 Å². The topological polar surface area (TPSA) is 90.3 Å². The van der Waals surface area contributed by atoms with Crippen LogP contribution < -0.4 is 10.9 Å². The molecule has 3 aromatic rings. The van der Waals surface area contributed by atoms with Gasteiger partial charge in [0.2, 0.25) is 0 Å². The van der Waals surface area contributed by atoms with Crippen LogP contribution in [-0.4, -0.2) is 28.0 Å². The summed E-state index contributed by atoms with van der Waals surface area (Å²) in [7, 11) is 0. The van der Waals surface area contributed by atoms with Crippen LogP contribution in [0.4, 0.5) is 5.69 Å². The van der Waals surface area contributed by atoms with E-state index in [-0.39, 0.29) is 12.1 Å². The Hall–Kier alpha value is -3.48. The molecule has 1 heterocycles. The Kier molecular flexibility index (Phi) is 6.39. The summed E-state index contributed by atoms with van der Waals surface area (Å²) in [4.78, 5) is 41.0. The Morgan fingerprint density at radius 3 is 2.41 bits per heavy atom. The maximum absolute atomic E-state index is 12.4. The van der Waals surface area contributed by atoms with Crippen molar-refractivity contribution in [3.05, 3.63) is 70.3 Å². The van der Waals surface area contributed by atoms with Crippen molar-refractivity contribution < 1.29 is 14.3 Å². The van der Waals surface area contributed by atoms with Crippen LogP contribution in [0.2, 0.25) is 0 Å². The van der Waals surface area contributed by atoms with Gasteiger partial charge in [-0.1, -0.05) is 44.2 Å². The Morgan fingerprint density at radius 1 is 1.03 bits per heavy atom. The largest absolute Gasteiger partial charge is 0.454 e. The first-order valence-electron chi connectivity index (χ1n) is 9.53. The normalized spacial score (nSPS) is 10.7. The summed E-state index contributed by atoms with van der Waals surface area (Å²) in [5.41, 5.74) is 3.05. The summed E-state index contributed by atoms with van der Waals surface area (Å²) >= 11 is 0. The van der Waals surface area contributed by atoms with E-state index < -0.39 is 18.5 Å². The minimum Gasteiger partial charge on any atom is -0.454 e. The van der Waals surface area contributed by atoms with E-state index in [1.165, 1.54) is 10.9 Å². The molecular formula is C22H23N3O4. The SMILES string of the molecule is CCc1cccc(CC)c1NC(=O)COC(=O)Cn1cnc2ccccc2c1=O. The molecule has 0 radical (unpaired) electrons. The third kappa shape index (κ3) is 4.68. The number of hydrogen-bond acceptors (Lipinski definition) is 5. The molecule has 7 nitrogen and oxygen atoms in total. The quantitative estimate of drug-likeness (QED) is 0.624. The van der Waals surface area contributed by atoms with Crippen molar-refractivity contribution in [2.75, 3.05) is 11.9 Å². The Morgan fingerprint density at radius 2 is 1.72 bits per heavy atom. The van der Waals surface area contributed by atoms with Crippen LogP contribution in [0.1, 0.15) is 25.0 Å². The highest BCUT2D eigenvalue weighted by Crippen LogP contribution is 2.22. The number of benzene rings is 2. The predicted octanol–water partition coefficient (Wildman–Crippen LogP) is 2.70. The number of hydrogen-bond donors (Lipinski definition) is 1. The van der Waals surface area contributed by atoms with Crippen molar-refractivity contribution in [3.63, 3.8) is 0 Å². The van der Waals surface area contributed by atoms with Gasteiger partial charge in [0.25, 0.3) is 11.5 Å². The molecule has 1 aromatic heterocycles. The second-order valence-electron chi connectivity index (χ2n) is 6.56. The molecule has 0 aliphatic rings. The summed E-state index contributed by atoms with van der Waals surface area (Å²) < 4.78 is 6.23. The van der Waals surface area contributed by atoms with E-state index in [4.69, 9.17) is 4.74 Å². The smallest absolute Gasteiger partial charge is 0.326 e. The number of esters is 1. The third-order valence-corrected chi connectivity index (χ3v) is 4.66. The lowest BCUT2D eigenvalue weighted by molar-refractivity contribution is -0.147. The first-order valence-corrected chi connectivity index (χ1v) is 9.53. The first kappa shape index (κ1) is 20.3. The lowest BCUT2D eigenvalue weighted by Crippen LogP contribution is -2.28. The Bertz CT molecular complexity index is 1080. The molecule has 0 unspecified atom stereocenters. The van der Waals surface area contributed by atoms with Gasteiger partial charge in [0, 0.05) is 5.69 Å². The zero-order chi connectivity index (χ0) is 20.8. The number of aryl methyl sites for hydroxylation is 2. The summed E-state index contributed by atoms with van der Waals surface area (Å²) in [6.45, 7) is 3.30. The van der Waals surface area contributed by atoms with Crippen molar-refractivity contribution in [1.82, 2.24) is 9.55 Å². The number of aromatic nitrogens is 2. The number of carbonyl (C=O) groups excluding carboxylic acids is 2. The minimum absolute atomic E-state index is 0.310. The van der Waals surface area contributed by atoms with Crippen molar-refractivity contribution in [3.8, 4) is 0 Å². The Labute approximate surface area is 168 Å². The standard InChI is InChI=1S/C22H23N3O4/c1-3-15-8-7-9-16(4-2)21(15)24-19(26)13-29-20(27)12-25-14-23-18-11-6-5-10-17(18)22(25)28/h5-11,14H,3-4,12-13H2,1-2H3,(H,24,26). The van der Waals surface area contributed by atoms with E-state index in [1.54, 1.807) is 24.3 Å². The number of fused-ring (bicyclic) bond motifs is 1. The maximum Gasteiger partial charge on any atom is 0.326 e. The van der Waals surface area contributed by atoms with Gasteiger partial charge in [0.15, 0.2) is 6.61 Å². The number of nitrogens with one attached hydrogen (secondary N) is 1. The van der Waals surface area contributed by atoms with Crippen molar-refractivity contribution in [2.24, 2.45) is 0 Å². The fraction of sp³-hybridized carbons (Fsp3) is 0.273. The van der Waals surface area contributed by atoms with E-state index in [0.29, 0.717) is 10.9 Å². The second kappa shape index (κ2) is 9.14. The predicted molar refractivity (Wildman–Crippen MR) is 111 cm³/mol. The molecule has 0 saturated heterocycles. The van der Waals surface area contributed by atoms with Crippen LogP contribution in [0.5, 0.6) is 0 Å². The highest BCUT2D eigenvalue weighted by Gasteiger charge is 2.13. The van der Waals surface area contributed by atoms with Gasteiger partial charge < -0.3 is 10.1 Å². The average molecular weight is 393 g/mol. The van der Waals surface area contributed by atoms with Crippen LogP contribution >= 0.6 is 0 Å². The number of carbonyl (C=O) groups is 2. The lowest BCUT2D eigenvalue weighted by atomic mass is 10.0. The minimum atomic E-state index is -0.682. The molecule has 150 valence electrons. The maximum atomic E-state index is 12.4. The van der Waals surface area contributed by atoms with Gasteiger partial charge in [0.05, 0.1) is 17.2 Å². The summed E-state index contributed by atoms with van der Waals surface area (Å²) in [5, 5.41) is 3.26. The van der Waals surface area contributed by atoms with E-state index in [1.807, 2.05) is 32.0 Å². The molecule has 2 aromatic carbocycles. The zero-order valence-electron chi connectivity index (χ0n) is 16.5. The van der Waals surface area contributed by atoms with Crippen LogP contribution in [0.15, 0.2) is 53.6 Å². The van der Waals surface area contributed by atoms with E-state index in [0.717, 1.165) is 29.7 Å². The van der Waals surface area contributed by atoms with Gasteiger partial charge in [-0.05, 0) is 36.1 Å². The summed E-state index contributed by atoms with van der Waals surface area (Å²) in [6, 6.07) is 12.8. The highest BCUT2D eigenvalue weighted by atomic mass is 16.5. The fourth-order valence-corrected chi connectivity index (χ4v) is 3.13. The molecule has 0 aliphatic heterocycles. The van der Waals surface area contributed by atoms with Gasteiger partial charge in [-0.15, -0.1) is 0 Å². The van der Waals surface area contributed by atoms with Crippen LogP contribution in [-0.2, 0) is 33.7 Å². The summed E-state index contributed by atoms with van der Waals surface area (Å²) in [5.74, 6) is -1.10. The average Bonchev–Trinajstić information content (AvgIpc) is 2.74. The summed E-state index contributed by atoms with van der Waals surface area (Å²) in [6.07, 6.45) is 2.86. The first-order chi connectivity index (χ1) is 14.0. The number of amides is 1. The van der Waals surface area contributed by atoms with Gasteiger partial charge >= 0.3 is 5.97 Å². The van der Waals surface area contributed by atoms with Crippen LogP contribution in [0.25, 0.3) is 10.9 Å². The molecule has 0 fully saturated rings. The number of para-hydroxylation sites is 2. The number of nitrogens with zero attached hydrogens (tertiary/aromatic N) is 2. The second-order valence-corrected chi connectivity index (χ2v) is 6.56. The van der Waals surface area contributed by atoms with Crippen molar-refractivity contribution >= 4 is 28.5 Å². The van der Waals surface area contributed by atoms with E-state index in [9.17, 15) is 14.4 Å². The van der Waals surface area contributed by atoms with Crippen LogP contribution in [0, 0.1) is 0 Å². The molecule has 0 saturated carbocycles. The molecule has 0 bridgehead atoms. The van der Waals surface area contributed by atoms with Gasteiger partial charge in [0.1, 0.15) is 6.54 Å². The molecule has 1 amide bonds. The van der Waals surface area contributed by atoms with Crippen molar-refractivity contribution in [2.45, 2.75) is 33.2 Å². The number of rotatable bonds is 7. The zero-order valence-corrected chi connectivity index (χ0v) is 16.5. The lowest BCUT2D eigenvalue weighted by Gasteiger charge is -2.14. The molecule has 0 spiro atoms. The van der Waals surface area contributed by atoms with Gasteiger partial charge in [-0.2, -0.15) is 0 Å². The fourth-order valence-electron chi connectivity index (χ4n) is 3.13. The molecule has 29 heavy (non-hydrogen) atoms. The van der Waals surface area contributed by atoms with Gasteiger partial charge in [-0.3, -0.25) is 19.0 Å². The van der Waals surface area contributed by atoms with Crippen LogP contribution in [0.3, 0.4) is 0 Å². The molecule has 7 heteroatoms. The van der Waals surface area contributed by atoms with E-state index in [2.05, 4.69) is 10.3 Å². The third-order valence-electron chi connectivity index (χ3n) is 4.66. The number of ether oxygens (including phenoxy) is 1. The van der Waals surface area contributed by atoms with Crippen molar-refractivity contribution in [1.29, 1.82) is 0 Å². The Balaban J connectivity index is 1.62. The molecule has 0 atom stereocenters. The molecule has 0 aliphatic carbocycles. The molecular weight excluding hydrogens is 370 g/mol. The molecule has 3 rings (SSSR count). The van der Waals surface area contributed by atoms with Gasteiger partial charge in [-0.25, -0.2) is 4.98 Å². The monoisotopic (exact) mass is 393 g/mol. The number of anilines is 1. The molecule has 1 N–H and O–H groups in total.